The van der Waals surface area contributed by atoms with Gasteiger partial charge < -0.3 is 63.2 Å². The summed E-state index contributed by atoms with van der Waals surface area (Å²) in [5, 5.41) is 17.5. The Morgan fingerprint density at radius 3 is 1.90 bits per heavy atom. The maximum atomic E-state index is 13.5. The van der Waals surface area contributed by atoms with Crippen LogP contribution >= 0.6 is 0 Å². The molecule has 2 aliphatic rings. The fraction of sp³-hybridized carbons (Fsp3) is 0.522. The van der Waals surface area contributed by atoms with Crippen molar-refractivity contribution in [2.75, 3.05) is 24.6 Å². The number of ketones is 1. The van der Waals surface area contributed by atoms with Crippen molar-refractivity contribution in [2.45, 2.75) is 143 Å². The van der Waals surface area contributed by atoms with Gasteiger partial charge in [-0.05, 0) is 127 Å². The molecule has 0 aliphatic carbocycles. The molecular weight excluding hydrogens is 913 g/mol. The summed E-state index contributed by atoms with van der Waals surface area (Å²) in [6.07, 6.45) is 3.01. The van der Waals surface area contributed by atoms with Gasteiger partial charge in [0.15, 0.2) is 34.8 Å². The maximum absolute atomic E-state index is 13.5. The fourth-order valence-corrected chi connectivity index (χ4v) is 10.1. The summed E-state index contributed by atoms with van der Waals surface area (Å²) in [7, 11) is -4.16. The number of nitrogen functional groups attached to an aromatic ring is 2. The number of ether oxygens (including phenoxy) is 2. The van der Waals surface area contributed by atoms with Crippen molar-refractivity contribution in [1.82, 2.24) is 25.3 Å². The third-order valence-corrected chi connectivity index (χ3v) is 14.0. The standard InChI is InChI=1S/C46H64N11O9S.2Li.H2O/c1-22-23(2)36-30(18-45(7,8)65-36)26(5)32(22)20-53-43(49)51-16-12-14-29(21-58)54-41(60)35-40(48)55-34(39(47)56-35)33(59)17-28(42(61)62)13-11-15-52-44(50)57-67(63,64)38-25(4)24(3)37-31(27(38)6)19-46(9,10)66-37;;;/h28-29H,11-20H2,1-10H3,(H2,47,56)(H2,48,55)(H,54,60)(H,61,62)(H3,49,51,53)(H3,50,52,57);;;1H2/q-1;2*+1;/p-2/t28-,29?;;;/m1.../s1. The van der Waals surface area contributed by atoms with Crippen molar-refractivity contribution < 1.29 is 85.4 Å². The first-order valence-corrected chi connectivity index (χ1v) is 23.5. The van der Waals surface area contributed by atoms with Crippen LogP contribution in [0.2, 0.25) is 0 Å². The van der Waals surface area contributed by atoms with Gasteiger partial charge in [-0.2, -0.15) is 0 Å². The number of nitrogens with one attached hydrogen (secondary N) is 3. The smallest absolute Gasteiger partial charge is 0.870 e. The Balaban J connectivity index is 0.00000560. The van der Waals surface area contributed by atoms with E-state index in [2.05, 4.69) is 56.1 Å². The molecule has 2 aliphatic heterocycles. The first-order chi connectivity index (χ1) is 31.2. The minimum Gasteiger partial charge on any atom is -0.870 e. The molecule has 0 fully saturated rings. The number of sulfonamides is 1. The quantitative estimate of drug-likeness (QED) is 0.0150. The van der Waals surface area contributed by atoms with Gasteiger partial charge in [-0.15, -0.1) is 0 Å². The zero-order chi connectivity index (χ0) is 49.9. The molecule has 21 nitrogen and oxygen atoms in total. The van der Waals surface area contributed by atoms with Crippen molar-refractivity contribution in [3.63, 3.8) is 0 Å². The maximum Gasteiger partial charge on any atom is 1.00 e. The van der Waals surface area contributed by atoms with Crippen molar-refractivity contribution in [2.24, 2.45) is 27.4 Å². The van der Waals surface area contributed by atoms with Gasteiger partial charge in [0, 0.05) is 55.4 Å². The summed E-state index contributed by atoms with van der Waals surface area (Å²) < 4.78 is 41.6. The number of aliphatic imine (C=N–C) groups is 2. The van der Waals surface area contributed by atoms with E-state index in [4.69, 9.17) is 32.4 Å². The van der Waals surface area contributed by atoms with Crippen LogP contribution in [-0.4, -0.2) is 90.1 Å². The van der Waals surface area contributed by atoms with Crippen LogP contribution in [0.5, 0.6) is 11.5 Å². The van der Waals surface area contributed by atoms with Crippen molar-refractivity contribution >= 4 is 57.5 Å². The molecule has 24 heteroatoms. The Morgan fingerprint density at radius 2 is 1.33 bits per heavy atom. The number of hydrogen-bond acceptors (Lipinski definition) is 16. The molecular formula is C46H64Li2N11O10S-. The van der Waals surface area contributed by atoms with Crippen LogP contribution < -0.4 is 90.6 Å². The van der Waals surface area contributed by atoms with Gasteiger partial charge in [-0.1, -0.05) is 12.5 Å². The van der Waals surface area contributed by atoms with Gasteiger partial charge in [0.2, 0.25) is 5.96 Å². The predicted molar refractivity (Wildman–Crippen MR) is 254 cm³/mol. The molecule has 0 saturated heterocycles. The molecule has 0 saturated carbocycles. The van der Waals surface area contributed by atoms with Crippen LogP contribution in [0.15, 0.2) is 14.9 Å². The number of aromatic nitrogens is 2. The predicted octanol–water partition coefficient (Wildman–Crippen LogP) is -4.15. The molecule has 1 aromatic heterocycles. The second-order valence-electron chi connectivity index (χ2n) is 18.5. The van der Waals surface area contributed by atoms with E-state index in [1.54, 1.807) is 27.1 Å². The molecule has 372 valence electrons. The number of carboxylic acids is 1. The second-order valence-corrected chi connectivity index (χ2v) is 20.1. The van der Waals surface area contributed by atoms with E-state index < -0.39 is 80.6 Å². The van der Waals surface area contributed by atoms with E-state index in [-0.39, 0.29) is 85.5 Å². The number of carbonyl (C=O) groups is 3. The Morgan fingerprint density at radius 1 is 0.786 bits per heavy atom. The number of Topliss-reactive ketones (excluding diaryl/α,β-unsaturated/α-hetero) is 1. The molecule has 0 bridgehead atoms. The molecule has 1 unspecified atom stereocenters. The number of benzene rings is 2. The summed E-state index contributed by atoms with van der Waals surface area (Å²) >= 11 is 0. The zero-order valence-corrected chi connectivity index (χ0v) is 43.2. The summed E-state index contributed by atoms with van der Waals surface area (Å²) in [5.41, 5.74) is 30.6. The van der Waals surface area contributed by atoms with E-state index >= 15 is 0 Å². The molecule has 3 heterocycles. The Labute approximate surface area is 433 Å². The van der Waals surface area contributed by atoms with E-state index in [1.165, 1.54) is 5.56 Å². The van der Waals surface area contributed by atoms with Crippen LogP contribution in [0, 0.1) is 47.5 Å². The third kappa shape index (κ3) is 13.9. The Hall–Kier alpha value is -5.36. The molecule has 2 atom stereocenters. The number of guanidine groups is 2. The SMILES string of the molecule is Cc1c(C)c2c(c(C)c1CN=C(N)NCCCC([C-]=O)NC(=O)c1nc(N)c(C(=O)C[C@@H](CCCN=C(N)NS(=O)(=O)c3c(C)c(C)c4c(c3C)CC(C)(C)O4)C(=O)[O-])nc1N)CC(C)(C)O2.[Li+].[Li+].[OH-]. The number of carboxylic acid groups (broad SMARTS) is 1. The van der Waals surface area contributed by atoms with Crippen LogP contribution in [0.3, 0.4) is 0 Å². The minimum absolute atomic E-state index is 0. The van der Waals surface area contributed by atoms with Gasteiger partial charge in [0.1, 0.15) is 22.7 Å². The van der Waals surface area contributed by atoms with Gasteiger partial charge in [0.05, 0.1) is 11.4 Å². The van der Waals surface area contributed by atoms with Gasteiger partial charge in [-0.3, -0.25) is 14.6 Å². The summed E-state index contributed by atoms with van der Waals surface area (Å²) in [6.45, 7) is 20.0. The van der Waals surface area contributed by atoms with Crippen LogP contribution in [0.4, 0.5) is 11.6 Å². The number of aliphatic carboxylic acids is 1. The average molecular weight is 977 g/mol. The number of nitrogens with zero attached hydrogens (tertiary/aromatic N) is 4. The molecule has 5 rings (SSSR count). The number of fused-ring (bicyclic) bond motifs is 2. The van der Waals surface area contributed by atoms with Crippen molar-refractivity contribution in [3.8, 4) is 11.5 Å². The zero-order valence-electron chi connectivity index (χ0n) is 42.4. The topological polar surface area (TPSA) is 365 Å². The van der Waals surface area contributed by atoms with Gasteiger partial charge >= 0.3 is 37.7 Å². The van der Waals surface area contributed by atoms with Crippen LogP contribution in [0.25, 0.3) is 0 Å². The van der Waals surface area contributed by atoms with E-state index in [1.807, 2.05) is 27.7 Å². The summed E-state index contributed by atoms with van der Waals surface area (Å²) in [5.74, 6) is -4.15. The monoisotopic (exact) mass is 976 g/mol. The van der Waals surface area contributed by atoms with Gasteiger partial charge in [-0.25, -0.2) is 34.4 Å². The summed E-state index contributed by atoms with van der Waals surface area (Å²) in [4.78, 5) is 66.7. The molecule has 1 amide bonds. The fourth-order valence-electron chi connectivity index (χ4n) is 8.58. The Kier molecular flexibility index (Phi) is 21.0. The molecule has 2 aromatic carbocycles. The number of hydrogen-bond donors (Lipinski definition) is 7. The second kappa shape index (κ2) is 24.2. The normalized spacial score (nSPS) is 15.3. The van der Waals surface area contributed by atoms with Crippen molar-refractivity contribution in [1.29, 1.82) is 0 Å². The van der Waals surface area contributed by atoms with Crippen molar-refractivity contribution in [3.05, 3.63) is 61.5 Å². The van der Waals surface area contributed by atoms with Crippen LogP contribution in [-0.2, 0) is 39.0 Å². The Bertz CT molecular complexity index is 2680. The molecule has 0 spiro atoms. The number of amides is 1. The minimum atomic E-state index is -4.16. The van der Waals surface area contributed by atoms with Gasteiger partial charge in [0.25, 0.3) is 15.9 Å². The number of rotatable bonds is 19. The average Bonchev–Trinajstić information content (AvgIpc) is 3.76. The molecule has 12 N–H and O–H groups in total. The molecule has 3 aromatic rings. The van der Waals surface area contributed by atoms with E-state index in [0.717, 1.165) is 40.0 Å². The largest absolute Gasteiger partial charge is 1.00 e. The number of anilines is 2. The van der Waals surface area contributed by atoms with E-state index in [9.17, 15) is 32.7 Å². The third-order valence-electron chi connectivity index (χ3n) is 12.3. The molecule has 0 radical (unpaired) electrons. The number of nitrogens with two attached hydrogens (primary N) is 4. The number of carbonyl (C=O) groups excluding carboxylic acids is 4. The first-order valence-electron chi connectivity index (χ1n) is 22.0. The molecule has 70 heavy (non-hydrogen) atoms. The van der Waals surface area contributed by atoms with Crippen LogP contribution in [0.1, 0.15) is 131 Å². The van der Waals surface area contributed by atoms with E-state index in [0.29, 0.717) is 48.4 Å². The summed E-state index contributed by atoms with van der Waals surface area (Å²) in [6, 6.07) is -1.07. The first kappa shape index (κ1) is 60.8.